The molecule has 0 radical (unpaired) electrons. The number of ether oxygens (including phenoxy) is 2. The molecular weight excluding hydrogens is 885 g/mol. The van der Waals surface area contributed by atoms with Crippen molar-refractivity contribution in [3.8, 4) is 17.2 Å². The number of carbonyl (C=O) groups is 1. The third kappa shape index (κ3) is 8.73. The molecule has 2 aliphatic carbocycles. The van der Waals surface area contributed by atoms with E-state index in [4.69, 9.17) is 16.0 Å². The van der Waals surface area contributed by atoms with Crippen molar-refractivity contribution >= 4 is 49.8 Å². The number of anilines is 2. The fourth-order valence-electron chi connectivity index (χ4n) is 11.6. The first kappa shape index (κ1) is 45.6. The average molecular weight is 943 g/mol. The number of aliphatic hydroxyl groups is 1. The van der Waals surface area contributed by atoms with Crippen LogP contribution in [0.1, 0.15) is 112 Å². The topological polar surface area (TPSA) is 197 Å². The minimum atomic E-state index is -4.72. The maximum atomic E-state index is 14.2. The van der Waals surface area contributed by atoms with Crippen molar-refractivity contribution in [1.82, 2.24) is 19.6 Å². The number of sulfonamides is 1. The van der Waals surface area contributed by atoms with E-state index in [0.29, 0.717) is 54.6 Å². The van der Waals surface area contributed by atoms with Gasteiger partial charge in [0.05, 0.1) is 27.0 Å². The number of hydrogen-bond acceptors (Lipinski definition) is 12. The first-order chi connectivity index (χ1) is 32.6. The van der Waals surface area contributed by atoms with Crippen LogP contribution in [0, 0.1) is 28.0 Å². The van der Waals surface area contributed by atoms with Crippen LogP contribution >= 0.6 is 0 Å². The van der Waals surface area contributed by atoms with Gasteiger partial charge in [-0.3, -0.25) is 19.8 Å². The largest absolute Gasteiger partial charge is 0.489 e. The van der Waals surface area contributed by atoms with Gasteiger partial charge in [-0.25, -0.2) is 13.1 Å². The van der Waals surface area contributed by atoms with E-state index in [1.54, 1.807) is 37.4 Å². The van der Waals surface area contributed by atoms with Crippen LogP contribution in [0.4, 0.5) is 22.9 Å². The molecule has 356 valence electrons. The average Bonchev–Trinajstić information content (AvgIpc) is 3.99. The smallest absolute Gasteiger partial charge is 0.314 e. The second kappa shape index (κ2) is 17.7. The minimum absolute atomic E-state index is 0.0140. The van der Waals surface area contributed by atoms with Gasteiger partial charge >= 0.3 is 5.82 Å². The van der Waals surface area contributed by atoms with Crippen LogP contribution in [-0.4, -0.2) is 89.7 Å². The number of amides is 1. The monoisotopic (exact) mass is 942 g/mol. The van der Waals surface area contributed by atoms with Gasteiger partial charge in [0.2, 0.25) is 5.65 Å². The van der Waals surface area contributed by atoms with Crippen molar-refractivity contribution in [3.05, 3.63) is 111 Å². The number of piperidine rings is 1. The normalized spacial score (nSPS) is 24.7. The lowest BCUT2D eigenvalue weighted by Crippen LogP contribution is -2.63. The van der Waals surface area contributed by atoms with Crippen molar-refractivity contribution in [3.63, 3.8) is 0 Å². The lowest BCUT2D eigenvalue weighted by molar-refractivity contribution is -0.384. The molecule has 68 heavy (non-hydrogen) atoms. The molecule has 4 N–H and O–H groups in total. The van der Waals surface area contributed by atoms with E-state index >= 15 is 0 Å². The number of rotatable bonds is 11. The Morgan fingerprint density at radius 2 is 1.79 bits per heavy atom. The number of nitro groups is 1. The summed E-state index contributed by atoms with van der Waals surface area (Å²) in [5, 5.41) is 26.8. The molecule has 3 atom stereocenters. The highest BCUT2D eigenvalue weighted by Gasteiger charge is 2.49. The quantitative estimate of drug-likeness (QED) is 0.0557. The van der Waals surface area contributed by atoms with E-state index in [1.165, 1.54) is 42.5 Å². The first-order valence-electron chi connectivity index (χ1n) is 23.9. The maximum Gasteiger partial charge on any atom is 0.314 e. The lowest BCUT2D eigenvalue weighted by atomic mass is 9.70. The van der Waals surface area contributed by atoms with Crippen LogP contribution in [0.5, 0.6) is 17.2 Å². The van der Waals surface area contributed by atoms with Gasteiger partial charge in [0, 0.05) is 67.7 Å². The number of nitrogens with one attached hydrogen (secondary N) is 3. The number of aromatic amines is 1. The molecule has 1 spiro atoms. The second-order valence-corrected chi connectivity index (χ2v) is 22.0. The van der Waals surface area contributed by atoms with E-state index in [0.717, 1.165) is 50.8 Å². The zero-order valence-corrected chi connectivity index (χ0v) is 39.5. The van der Waals surface area contributed by atoms with E-state index in [-0.39, 0.29) is 58.3 Å². The molecule has 2 saturated heterocycles. The molecule has 3 aromatic carbocycles. The van der Waals surface area contributed by atoms with Crippen molar-refractivity contribution in [2.75, 3.05) is 43.0 Å². The number of carbonyl (C=O) groups excluding carboxylic acids is 1. The van der Waals surface area contributed by atoms with Gasteiger partial charge in [-0.2, -0.15) is 0 Å². The van der Waals surface area contributed by atoms with Gasteiger partial charge in [0.15, 0.2) is 17.2 Å². The summed E-state index contributed by atoms with van der Waals surface area (Å²) < 4.78 is 42.5. The Balaban J connectivity index is 0.876. The lowest BCUT2D eigenvalue weighted by Gasteiger charge is -2.57. The fraction of sp³-hybridized carbons (Fsp3) is 0.471. The highest BCUT2D eigenvalue weighted by Crippen LogP contribution is 2.49. The summed E-state index contributed by atoms with van der Waals surface area (Å²) in [6, 6.07) is 19.7. The summed E-state index contributed by atoms with van der Waals surface area (Å²) in [5.41, 5.74) is 3.12. The second-order valence-electron chi connectivity index (χ2n) is 20.3. The van der Waals surface area contributed by atoms with Crippen LogP contribution in [0.25, 0.3) is 15.9 Å². The van der Waals surface area contributed by atoms with Gasteiger partial charge in [0.1, 0.15) is 12.4 Å². The van der Waals surface area contributed by atoms with Crippen molar-refractivity contribution in [2.24, 2.45) is 11.3 Å². The molecule has 17 heteroatoms. The van der Waals surface area contributed by atoms with E-state index in [1.807, 2.05) is 0 Å². The Morgan fingerprint density at radius 3 is 2.53 bits per heavy atom. The third-order valence-electron chi connectivity index (χ3n) is 15.5. The molecule has 4 fully saturated rings. The number of aromatic nitrogens is 2. The number of nitro benzene ring substituents is 1. The molecule has 0 unspecified atom stereocenters. The van der Waals surface area contributed by atoms with Crippen molar-refractivity contribution in [1.29, 1.82) is 0 Å². The van der Waals surface area contributed by atoms with Gasteiger partial charge in [-0.1, -0.05) is 56.1 Å². The van der Waals surface area contributed by atoms with Crippen molar-refractivity contribution in [2.45, 2.75) is 113 Å². The standard InChI is InChI=1S/C51H58N8O8S/c1-31(2)36-8-5-6-9-37(36)38-10-7-11-41(38)58-29-51(30-58)19-22-57(23-20-51)34-12-13-39(43(25-34)67-45-24-33-16-21-53-47(33)55-48(45)52-4)49(60)56-68(64,65)35-26-42(59(62)63)46-44(27-35)66-28-40(54-46)32-14-17-50(3,61)18-15-32/h5-6,8-9,12-13,16,21,24-27,31-32,38,40-41,54,61H,7,10-11,14-15,17-20,22-23,28-30H2,1-3H3,(H,53,55)(H,56,60)/t32?,38-,40-,41-,50?/m1/s1. The molecule has 2 aromatic heterocycles. The summed E-state index contributed by atoms with van der Waals surface area (Å²) in [5.74, 6) is 0.117. The Bertz CT molecular complexity index is 2920. The molecule has 5 aromatic rings. The van der Waals surface area contributed by atoms with Crippen LogP contribution in [0.2, 0.25) is 0 Å². The molecule has 10 rings (SSSR count). The highest BCUT2D eigenvalue weighted by atomic mass is 32.2. The number of benzene rings is 3. The number of likely N-dealkylation sites (tertiary alicyclic amines) is 1. The fourth-order valence-corrected chi connectivity index (χ4v) is 12.6. The molecule has 2 saturated carbocycles. The predicted molar refractivity (Wildman–Crippen MR) is 258 cm³/mol. The van der Waals surface area contributed by atoms with E-state index in [2.05, 4.69) is 72.8 Å². The van der Waals surface area contributed by atoms with Crippen LogP contribution in [0.15, 0.2) is 77.8 Å². The molecule has 0 bridgehead atoms. The minimum Gasteiger partial charge on any atom is -0.489 e. The van der Waals surface area contributed by atoms with E-state index < -0.39 is 37.0 Å². The number of pyridine rings is 1. The van der Waals surface area contributed by atoms with Crippen LogP contribution in [0.3, 0.4) is 0 Å². The number of hydrogen-bond donors (Lipinski definition) is 4. The SMILES string of the molecule is [C-]#[N+]c1nc2[nH]ccc2cc1Oc1cc(N2CCC3(CC2)CN([C@@H]2CCC[C@@H]2c2ccccc2C(C)C)C3)ccc1C(=O)NS(=O)(=O)c1cc2c(c([N+](=O)[O-])c1)N[C@@H](C1CCC(C)(O)CC1)CO2. The third-order valence-corrected chi connectivity index (χ3v) is 16.8. The number of nitrogens with zero attached hydrogens (tertiary/aromatic N) is 5. The molecule has 5 heterocycles. The Morgan fingerprint density at radius 1 is 1.03 bits per heavy atom. The summed E-state index contributed by atoms with van der Waals surface area (Å²) in [6.45, 7) is 18.1. The zero-order chi connectivity index (χ0) is 47.5. The predicted octanol–water partition coefficient (Wildman–Crippen LogP) is 9.41. The Hall–Kier alpha value is -6.22. The molecule has 1 amide bonds. The molecule has 3 aliphatic heterocycles. The highest BCUT2D eigenvalue weighted by molar-refractivity contribution is 7.90. The van der Waals surface area contributed by atoms with Crippen molar-refractivity contribution < 1.29 is 32.7 Å². The molecular formula is C51H58N8O8S. The summed E-state index contributed by atoms with van der Waals surface area (Å²) in [4.78, 5) is 41.4. The van der Waals surface area contributed by atoms with Gasteiger partial charge < -0.3 is 34.6 Å². The molecule has 5 aliphatic rings. The van der Waals surface area contributed by atoms with Gasteiger partial charge in [-0.15, -0.1) is 0 Å². The van der Waals surface area contributed by atoms with Crippen LogP contribution in [-0.2, 0) is 10.0 Å². The van der Waals surface area contributed by atoms with E-state index in [9.17, 15) is 28.4 Å². The zero-order valence-electron chi connectivity index (χ0n) is 38.7. The Kier molecular flexibility index (Phi) is 11.9. The van der Waals surface area contributed by atoms with Gasteiger partial charge in [-0.05, 0) is 117 Å². The maximum absolute atomic E-state index is 14.2. The first-order valence-corrected chi connectivity index (χ1v) is 25.3. The summed E-state index contributed by atoms with van der Waals surface area (Å²) >= 11 is 0. The molecule has 16 nitrogen and oxygen atoms in total. The summed E-state index contributed by atoms with van der Waals surface area (Å²) in [7, 11) is -4.72. The number of fused-ring (bicyclic) bond motifs is 2. The van der Waals surface area contributed by atoms with Crippen LogP contribution < -0.4 is 24.4 Å². The number of H-pyrrole nitrogens is 1. The van der Waals surface area contributed by atoms with Gasteiger partial charge in [0.25, 0.3) is 21.6 Å². The summed E-state index contributed by atoms with van der Waals surface area (Å²) in [6.07, 6.45) is 9.94. The Labute approximate surface area is 396 Å².